The molecule has 2 aromatic rings. The highest BCUT2D eigenvalue weighted by Crippen LogP contribution is 2.18. The highest BCUT2D eigenvalue weighted by molar-refractivity contribution is 5.95. The van der Waals surface area contributed by atoms with E-state index in [1.54, 1.807) is 44.2 Å². The lowest BCUT2D eigenvalue weighted by molar-refractivity contribution is -0.124. The third kappa shape index (κ3) is 5.56. The molecule has 1 aromatic heterocycles. The van der Waals surface area contributed by atoms with Crippen LogP contribution in [0, 0.1) is 0 Å². The van der Waals surface area contributed by atoms with E-state index in [9.17, 15) is 19.2 Å². The van der Waals surface area contributed by atoms with Gasteiger partial charge in [-0.2, -0.15) is 5.10 Å². The molecule has 3 amide bonds. The summed E-state index contributed by atoms with van der Waals surface area (Å²) in [7, 11) is 0. The van der Waals surface area contributed by atoms with Crippen molar-refractivity contribution in [2.75, 3.05) is 18.4 Å². The molecule has 0 saturated carbocycles. The van der Waals surface area contributed by atoms with Gasteiger partial charge >= 0.3 is 0 Å². The van der Waals surface area contributed by atoms with E-state index >= 15 is 0 Å². The van der Waals surface area contributed by atoms with Gasteiger partial charge in [0.1, 0.15) is 6.04 Å². The van der Waals surface area contributed by atoms with E-state index in [1.165, 1.54) is 4.68 Å². The van der Waals surface area contributed by atoms with Crippen LogP contribution in [0.3, 0.4) is 0 Å². The molecule has 164 valence electrons. The molecule has 0 saturated heterocycles. The predicted octanol–water partition coefficient (Wildman–Crippen LogP) is 1.19. The first-order chi connectivity index (χ1) is 14.9. The van der Waals surface area contributed by atoms with Crippen molar-refractivity contribution < 1.29 is 14.4 Å². The molecule has 9 heteroatoms. The monoisotopic (exact) mass is 425 g/mol. The first-order valence-corrected chi connectivity index (χ1v) is 10.5. The second-order valence-corrected chi connectivity index (χ2v) is 7.45. The van der Waals surface area contributed by atoms with Crippen molar-refractivity contribution in [3.63, 3.8) is 0 Å². The molecule has 9 nitrogen and oxygen atoms in total. The Morgan fingerprint density at radius 1 is 1.10 bits per heavy atom. The van der Waals surface area contributed by atoms with Crippen LogP contribution in [0.15, 0.2) is 35.1 Å². The summed E-state index contributed by atoms with van der Waals surface area (Å²) in [6.45, 7) is 3.84. The number of nitrogens with one attached hydrogen (secondary N) is 3. The summed E-state index contributed by atoms with van der Waals surface area (Å²) >= 11 is 0. The summed E-state index contributed by atoms with van der Waals surface area (Å²) < 4.78 is 1.22. The van der Waals surface area contributed by atoms with Crippen LogP contribution >= 0.6 is 0 Å². The molecular formula is C22H27N5O4. The number of benzene rings is 1. The Balaban J connectivity index is 1.46. The molecule has 31 heavy (non-hydrogen) atoms. The van der Waals surface area contributed by atoms with Crippen molar-refractivity contribution in [3.8, 4) is 0 Å². The number of rotatable bonds is 8. The van der Waals surface area contributed by atoms with Gasteiger partial charge < -0.3 is 16.0 Å². The third-order valence-electron chi connectivity index (χ3n) is 5.19. The van der Waals surface area contributed by atoms with Crippen LogP contribution < -0.4 is 21.5 Å². The Morgan fingerprint density at radius 3 is 2.52 bits per heavy atom. The van der Waals surface area contributed by atoms with Gasteiger partial charge in [-0.1, -0.05) is 6.92 Å². The molecule has 1 heterocycles. The summed E-state index contributed by atoms with van der Waals surface area (Å²) in [6, 6.07) is 7.39. The number of carbonyl (C=O) groups excluding carboxylic acids is 3. The fraction of sp³-hybridized carbons (Fsp3) is 0.409. The van der Waals surface area contributed by atoms with Gasteiger partial charge in [-0.05, 0) is 56.0 Å². The van der Waals surface area contributed by atoms with E-state index in [-0.39, 0.29) is 36.4 Å². The molecule has 0 fully saturated rings. The maximum absolute atomic E-state index is 12.4. The SMILES string of the molecule is CCC(=O)Nc1ccc(C(=O)NCCNC(=O)C(C)n2nc3c(cc2=O)CCC3)cc1. The lowest BCUT2D eigenvalue weighted by Gasteiger charge is -2.15. The molecule has 0 bridgehead atoms. The van der Waals surface area contributed by atoms with E-state index < -0.39 is 6.04 Å². The Hall–Kier alpha value is -3.49. The van der Waals surface area contributed by atoms with E-state index in [4.69, 9.17) is 0 Å². The van der Waals surface area contributed by atoms with Crippen molar-refractivity contribution in [1.29, 1.82) is 0 Å². The van der Waals surface area contributed by atoms with Crippen LogP contribution in [0.4, 0.5) is 5.69 Å². The predicted molar refractivity (Wildman–Crippen MR) is 116 cm³/mol. The summed E-state index contributed by atoms with van der Waals surface area (Å²) in [4.78, 5) is 48.3. The summed E-state index contributed by atoms with van der Waals surface area (Å²) in [5.74, 6) is -0.718. The average Bonchev–Trinajstić information content (AvgIpc) is 3.22. The zero-order chi connectivity index (χ0) is 22.4. The minimum Gasteiger partial charge on any atom is -0.352 e. The lowest BCUT2D eigenvalue weighted by atomic mass is 10.2. The summed E-state index contributed by atoms with van der Waals surface area (Å²) in [5, 5.41) is 12.5. The number of carbonyl (C=O) groups is 3. The number of fused-ring (bicyclic) bond motifs is 1. The molecule has 1 atom stereocenters. The Bertz CT molecular complexity index is 1030. The van der Waals surface area contributed by atoms with Crippen LogP contribution in [0.1, 0.15) is 54.3 Å². The van der Waals surface area contributed by atoms with Gasteiger partial charge in [-0.15, -0.1) is 0 Å². The highest BCUT2D eigenvalue weighted by atomic mass is 16.2. The standard InChI is InChI=1S/C22H27N5O4/c1-3-19(28)25-17-9-7-15(8-10-17)22(31)24-12-11-23-21(30)14(2)27-20(29)13-16-5-4-6-18(16)26-27/h7-10,13-14H,3-6,11-12H2,1-2H3,(H,23,30)(H,24,31)(H,25,28). The van der Waals surface area contributed by atoms with E-state index in [2.05, 4.69) is 21.0 Å². The van der Waals surface area contributed by atoms with Crippen LogP contribution in [0.25, 0.3) is 0 Å². The number of hydrogen-bond acceptors (Lipinski definition) is 5. The quantitative estimate of drug-likeness (QED) is 0.549. The van der Waals surface area contributed by atoms with E-state index in [0.717, 1.165) is 30.5 Å². The average molecular weight is 425 g/mol. The number of aromatic nitrogens is 2. The number of hydrogen-bond donors (Lipinski definition) is 3. The number of nitrogens with zero attached hydrogens (tertiary/aromatic N) is 2. The topological polar surface area (TPSA) is 122 Å². The Labute approximate surface area is 180 Å². The van der Waals surface area contributed by atoms with Gasteiger partial charge in [0, 0.05) is 36.8 Å². The van der Waals surface area contributed by atoms with Crippen LogP contribution in [0.2, 0.25) is 0 Å². The van der Waals surface area contributed by atoms with Crippen LogP contribution in [0.5, 0.6) is 0 Å². The van der Waals surface area contributed by atoms with E-state index in [1.807, 2.05) is 0 Å². The van der Waals surface area contributed by atoms with Gasteiger partial charge in [-0.25, -0.2) is 4.68 Å². The third-order valence-corrected chi connectivity index (χ3v) is 5.19. The molecule has 3 rings (SSSR count). The molecule has 1 aliphatic carbocycles. The largest absolute Gasteiger partial charge is 0.352 e. The molecule has 0 aliphatic heterocycles. The van der Waals surface area contributed by atoms with Crippen molar-refractivity contribution in [3.05, 3.63) is 57.5 Å². The molecule has 1 aliphatic rings. The van der Waals surface area contributed by atoms with Crippen molar-refractivity contribution in [1.82, 2.24) is 20.4 Å². The zero-order valence-electron chi connectivity index (χ0n) is 17.7. The van der Waals surface area contributed by atoms with Crippen LogP contribution in [-0.4, -0.2) is 40.6 Å². The summed E-state index contributed by atoms with van der Waals surface area (Å²) in [6.07, 6.45) is 3.03. The highest BCUT2D eigenvalue weighted by Gasteiger charge is 2.21. The minimum absolute atomic E-state index is 0.0977. The molecule has 3 N–H and O–H groups in total. The number of amides is 3. The lowest BCUT2D eigenvalue weighted by Crippen LogP contribution is -2.40. The van der Waals surface area contributed by atoms with Gasteiger partial charge in [0.2, 0.25) is 11.8 Å². The maximum atomic E-state index is 12.4. The smallest absolute Gasteiger partial charge is 0.267 e. The Kier molecular flexibility index (Phi) is 7.17. The van der Waals surface area contributed by atoms with Gasteiger partial charge in [0.05, 0.1) is 5.69 Å². The fourth-order valence-corrected chi connectivity index (χ4v) is 3.37. The van der Waals surface area contributed by atoms with Crippen molar-refractivity contribution in [2.45, 2.75) is 45.6 Å². The summed E-state index contributed by atoms with van der Waals surface area (Å²) in [5.41, 5.74) is 2.64. The molecule has 1 aromatic carbocycles. The number of aryl methyl sites for hydroxylation is 2. The fourth-order valence-electron chi connectivity index (χ4n) is 3.37. The van der Waals surface area contributed by atoms with Gasteiger partial charge in [0.15, 0.2) is 0 Å². The molecule has 0 spiro atoms. The molecule has 0 radical (unpaired) electrons. The number of anilines is 1. The first kappa shape index (κ1) is 22.2. The second kappa shape index (κ2) is 10.0. The van der Waals surface area contributed by atoms with Gasteiger partial charge in [0.25, 0.3) is 11.5 Å². The first-order valence-electron chi connectivity index (χ1n) is 10.5. The van der Waals surface area contributed by atoms with E-state index in [0.29, 0.717) is 17.7 Å². The van der Waals surface area contributed by atoms with Crippen LogP contribution in [-0.2, 0) is 22.4 Å². The maximum Gasteiger partial charge on any atom is 0.267 e. The van der Waals surface area contributed by atoms with Crippen molar-refractivity contribution in [2.24, 2.45) is 0 Å². The second-order valence-electron chi connectivity index (χ2n) is 7.45. The molecular weight excluding hydrogens is 398 g/mol. The minimum atomic E-state index is -0.736. The molecule has 1 unspecified atom stereocenters. The van der Waals surface area contributed by atoms with Gasteiger partial charge in [-0.3, -0.25) is 19.2 Å². The normalized spacial score (nSPS) is 13.2. The van der Waals surface area contributed by atoms with Crippen molar-refractivity contribution >= 4 is 23.4 Å². The zero-order valence-corrected chi connectivity index (χ0v) is 17.7. The Morgan fingerprint density at radius 2 is 1.81 bits per heavy atom.